The normalized spacial score (nSPS) is 11.2. The lowest BCUT2D eigenvalue weighted by atomic mass is 10.0. The molecule has 23 heavy (non-hydrogen) atoms. The maximum Gasteiger partial charge on any atom is 0.180 e. The van der Waals surface area contributed by atoms with Gasteiger partial charge in [0, 0.05) is 20.8 Å². The number of methoxy groups -OCH3 is 2. The summed E-state index contributed by atoms with van der Waals surface area (Å²) >= 11 is 0. The first-order chi connectivity index (χ1) is 11.2. The molecule has 0 saturated heterocycles. The van der Waals surface area contributed by atoms with E-state index in [1.54, 1.807) is 26.4 Å². The first kappa shape index (κ1) is 19.7. The summed E-state index contributed by atoms with van der Waals surface area (Å²) in [7, 11) is 3.19. The fourth-order valence-electron chi connectivity index (χ4n) is 2.34. The van der Waals surface area contributed by atoms with Gasteiger partial charge in [0.15, 0.2) is 6.29 Å². The van der Waals surface area contributed by atoms with Gasteiger partial charge in [-0.25, -0.2) is 0 Å². The lowest BCUT2D eigenvalue weighted by Crippen LogP contribution is -2.20. The molecule has 0 aliphatic rings. The van der Waals surface area contributed by atoms with Crippen molar-refractivity contribution < 1.29 is 24.1 Å². The van der Waals surface area contributed by atoms with E-state index in [9.17, 15) is 5.11 Å². The SMILES string of the molecule is CCc1cc(O)cc(CC)c1OCCCCOCC(OC)OC. The highest BCUT2D eigenvalue weighted by Gasteiger charge is 2.10. The Kier molecular flexibility index (Phi) is 9.67. The van der Waals surface area contributed by atoms with E-state index in [0.29, 0.717) is 25.6 Å². The molecule has 0 bridgehead atoms. The van der Waals surface area contributed by atoms with Crippen molar-refractivity contribution in [2.45, 2.75) is 45.8 Å². The number of aryl methyl sites for hydroxylation is 2. The zero-order chi connectivity index (χ0) is 17.1. The van der Waals surface area contributed by atoms with Gasteiger partial charge in [0.1, 0.15) is 11.5 Å². The van der Waals surface area contributed by atoms with Gasteiger partial charge in [0.25, 0.3) is 0 Å². The molecule has 0 heterocycles. The molecule has 5 heteroatoms. The molecule has 0 unspecified atom stereocenters. The molecule has 1 aromatic carbocycles. The third-order valence-electron chi connectivity index (χ3n) is 3.70. The topological polar surface area (TPSA) is 57.2 Å². The molecule has 1 rings (SSSR count). The third-order valence-corrected chi connectivity index (χ3v) is 3.70. The summed E-state index contributed by atoms with van der Waals surface area (Å²) < 4.78 is 21.6. The van der Waals surface area contributed by atoms with Crippen molar-refractivity contribution in [2.24, 2.45) is 0 Å². The van der Waals surface area contributed by atoms with Gasteiger partial charge in [-0.05, 0) is 48.9 Å². The molecule has 5 nitrogen and oxygen atoms in total. The van der Waals surface area contributed by atoms with Crippen LogP contribution in [-0.2, 0) is 27.1 Å². The Morgan fingerprint density at radius 1 is 0.957 bits per heavy atom. The van der Waals surface area contributed by atoms with Crippen LogP contribution in [0.5, 0.6) is 11.5 Å². The number of hydrogen-bond donors (Lipinski definition) is 1. The minimum Gasteiger partial charge on any atom is -0.508 e. The van der Waals surface area contributed by atoms with Crippen LogP contribution in [0.3, 0.4) is 0 Å². The molecule has 0 atom stereocenters. The summed E-state index contributed by atoms with van der Waals surface area (Å²) in [6, 6.07) is 3.57. The number of ether oxygens (including phenoxy) is 4. The van der Waals surface area contributed by atoms with Gasteiger partial charge in [-0.15, -0.1) is 0 Å². The van der Waals surface area contributed by atoms with E-state index in [4.69, 9.17) is 18.9 Å². The summed E-state index contributed by atoms with van der Waals surface area (Å²) in [5.41, 5.74) is 2.11. The predicted molar refractivity (Wildman–Crippen MR) is 90.2 cm³/mol. The van der Waals surface area contributed by atoms with Crippen LogP contribution in [0.4, 0.5) is 0 Å². The molecule has 0 aliphatic heterocycles. The number of rotatable bonds is 12. The maximum atomic E-state index is 9.74. The molecule has 0 radical (unpaired) electrons. The van der Waals surface area contributed by atoms with E-state index in [2.05, 4.69) is 13.8 Å². The Balaban J connectivity index is 2.33. The Morgan fingerprint density at radius 2 is 1.52 bits per heavy atom. The Morgan fingerprint density at radius 3 is 2.04 bits per heavy atom. The van der Waals surface area contributed by atoms with Gasteiger partial charge in [-0.2, -0.15) is 0 Å². The van der Waals surface area contributed by atoms with Gasteiger partial charge in [0.2, 0.25) is 0 Å². The van der Waals surface area contributed by atoms with Gasteiger partial charge < -0.3 is 24.1 Å². The minimum absolute atomic E-state index is 0.303. The van der Waals surface area contributed by atoms with Crippen molar-refractivity contribution in [3.8, 4) is 11.5 Å². The summed E-state index contributed by atoms with van der Waals surface area (Å²) in [4.78, 5) is 0. The van der Waals surface area contributed by atoms with Crippen molar-refractivity contribution in [1.82, 2.24) is 0 Å². The highest BCUT2D eigenvalue weighted by molar-refractivity contribution is 5.47. The van der Waals surface area contributed by atoms with Crippen LogP contribution in [0.15, 0.2) is 12.1 Å². The fraction of sp³-hybridized carbons (Fsp3) is 0.667. The van der Waals surface area contributed by atoms with E-state index in [-0.39, 0.29) is 6.29 Å². The quantitative estimate of drug-likeness (QED) is 0.472. The molecule has 0 spiro atoms. The molecular formula is C18H30O5. The lowest BCUT2D eigenvalue weighted by Gasteiger charge is -2.16. The van der Waals surface area contributed by atoms with Crippen molar-refractivity contribution in [2.75, 3.05) is 34.0 Å². The molecule has 0 aliphatic carbocycles. The number of benzene rings is 1. The number of unbranched alkanes of at least 4 members (excludes halogenated alkanes) is 1. The Bertz CT molecular complexity index is 418. The molecule has 0 aromatic heterocycles. The zero-order valence-corrected chi connectivity index (χ0v) is 14.8. The average Bonchev–Trinajstić information content (AvgIpc) is 2.57. The third kappa shape index (κ3) is 6.77. The van der Waals surface area contributed by atoms with Crippen molar-refractivity contribution in [3.63, 3.8) is 0 Å². The maximum absolute atomic E-state index is 9.74. The monoisotopic (exact) mass is 326 g/mol. The highest BCUT2D eigenvalue weighted by atomic mass is 16.7. The van der Waals surface area contributed by atoms with E-state index in [1.165, 1.54) is 0 Å². The molecule has 0 saturated carbocycles. The van der Waals surface area contributed by atoms with Crippen LogP contribution in [0.2, 0.25) is 0 Å². The number of hydrogen-bond acceptors (Lipinski definition) is 5. The molecule has 0 fully saturated rings. The van der Waals surface area contributed by atoms with Gasteiger partial charge >= 0.3 is 0 Å². The molecule has 0 amide bonds. The Labute approximate surface area is 139 Å². The van der Waals surface area contributed by atoms with Gasteiger partial charge in [-0.1, -0.05) is 13.8 Å². The van der Waals surface area contributed by atoms with Crippen molar-refractivity contribution in [3.05, 3.63) is 23.3 Å². The highest BCUT2D eigenvalue weighted by Crippen LogP contribution is 2.30. The number of aromatic hydroxyl groups is 1. The van der Waals surface area contributed by atoms with E-state index >= 15 is 0 Å². The first-order valence-corrected chi connectivity index (χ1v) is 8.27. The average molecular weight is 326 g/mol. The van der Waals surface area contributed by atoms with Crippen molar-refractivity contribution in [1.29, 1.82) is 0 Å². The van der Waals surface area contributed by atoms with Crippen LogP contribution in [0.25, 0.3) is 0 Å². The van der Waals surface area contributed by atoms with Crippen molar-refractivity contribution >= 4 is 0 Å². The number of phenolic OH excluding ortho intramolecular Hbond substituents is 1. The van der Waals surface area contributed by atoms with E-state index < -0.39 is 0 Å². The summed E-state index contributed by atoms with van der Waals surface area (Å²) in [6.07, 6.45) is 3.21. The van der Waals surface area contributed by atoms with E-state index in [0.717, 1.165) is 42.6 Å². The predicted octanol–water partition coefficient (Wildman–Crippen LogP) is 3.31. The fourth-order valence-corrected chi connectivity index (χ4v) is 2.34. The zero-order valence-electron chi connectivity index (χ0n) is 14.8. The van der Waals surface area contributed by atoms with Crippen LogP contribution in [0, 0.1) is 0 Å². The summed E-state index contributed by atoms with van der Waals surface area (Å²) in [5.74, 6) is 1.23. The largest absolute Gasteiger partial charge is 0.508 e. The van der Waals surface area contributed by atoms with E-state index in [1.807, 2.05) is 0 Å². The van der Waals surface area contributed by atoms with Crippen LogP contribution < -0.4 is 4.74 Å². The smallest absolute Gasteiger partial charge is 0.180 e. The van der Waals surface area contributed by atoms with Crippen LogP contribution in [0.1, 0.15) is 37.8 Å². The van der Waals surface area contributed by atoms with Crippen LogP contribution in [-0.4, -0.2) is 45.4 Å². The van der Waals surface area contributed by atoms with Crippen LogP contribution >= 0.6 is 0 Å². The Hall–Kier alpha value is -1.30. The van der Waals surface area contributed by atoms with Gasteiger partial charge in [-0.3, -0.25) is 0 Å². The second kappa shape index (κ2) is 11.3. The lowest BCUT2D eigenvalue weighted by molar-refractivity contribution is -0.140. The van der Waals surface area contributed by atoms with Gasteiger partial charge in [0.05, 0.1) is 13.2 Å². The minimum atomic E-state index is -0.303. The first-order valence-electron chi connectivity index (χ1n) is 8.27. The number of phenols is 1. The standard InChI is InChI=1S/C18H30O5/c1-5-14-11-16(19)12-15(6-2)18(14)23-10-8-7-9-22-13-17(20-3)21-4/h11-12,17,19H,5-10,13H2,1-4H3. The molecular weight excluding hydrogens is 296 g/mol. The summed E-state index contributed by atoms with van der Waals surface area (Å²) in [6.45, 7) is 5.87. The molecule has 1 aromatic rings. The summed E-state index contributed by atoms with van der Waals surface area (Å²) in [5, 5.41) is 9.74. The molecule has 132 valence electrons. The second-order valence-electron chi connectivity index (χ2n) is 5.33. The second-order valence-corrected chi connectivity index (χ2v) is 5.33. The molecule has 1 N–H and O–H groups in total.